The molecule has 0 spiro atoms. The fraction of sp³-hybridized carbons (Fsp3) is 0.733. The number of hydrogen-bond acceptors (Lipinski definition) is 5. The van der Waals surface area contributed by atoms with Gasteiger partial charge in [-0.1, -0.05) is 19.8 Å². The average molecular weight is 278 g/mol. The van der Waals surface area contributed by atoms with Gasteiger partial charge in [0.25, 0.3) is 0 Å². The van der Waals surface area contributed by atoms with Crippen LogP contribution in [-0.4, -0.2) is 30.2 Å². The summed E-state index contributed by atoms with van der Waals surface area (Å²) in [5.74, 6) is 3.83. The highest BCUT2D eigenvalue weighted by molar-refractivity contribution is 5.63. The fourth-order valence-electron chi connectivity index (χ4n) is 2.97. The first-order valence-electron chi connectivity index (χ1n) is 7.61. The molecule has 1 aliphatic rings. The molecule has 1 saturated carbocycles. The molecule has 1 heterocycles. The Morgan fingerprint density at radius 2 is 2.00 bits per heavy atom. The Hall–Kier alpha value is -1.52. The Labute approximate surface area is 121 Å². The summed E-state index contributed by atoms with van der Waals surface area (Å²) < 4.78 is 5.44. The first kappa shape index (κ1) is 14.9. The Balaban J connectivity index is 1.99. The van der Waals surface area contributed by atoms with Crippen molar-refractivity contribution >= 4 is 11.6 Å². The molecule has 0 saturated heterocycles. The third-order valence-electron chi connectivity index (χ3n) is 3.96. The van der Waals surface area contributed by atoms with E-state index < -0.39 is 0 Å². The normalized spacial score (nSPS) is 22.4. The lowest BCUT2D eigenvalue weighted by Crippen LogP contribution is -2.21. The van der Waals surface area contributed by atoms with Crippen LogP contribution in [0.1, 0.15) is 39.5 Å². The molecule has 1 aromatic rings. The Morgan fingerprint density at radius 1 is 1.25 bits per heavy atom. The van der Waals surface area contributed by atoms with Gasteiger partial charge in [-0.05, 0) is 31.6 Å². The van der Waals surface area contributed by atoms with Crippen LogP contribution in [-0.2, 0) is 0 Å². The molecule has 2 atom stereocenters. The highest BCUT2D eigenvalue weighted by Crippen LogP contribution is 2.31. The monoisotopic (exact) mass is 278 g/mol. The zero-order valence-corrected chi connectivity index (χ0v) is 12.8. The molecule has 5 nitrogen and oxygen atoms in total. The molecule has 1 aliphatic carbocycles. The number of rotatable bonds is 6. The number of anilines is 2. The van der Waals surface area contributed by atoms with Gasteiger partial charge in [-0.15, -0.1) is 0 Å². The minimum Gasteiger partial charge on any atom is -0.490 e. The maximum Gasteiger partial charge on any atom is 0.204 e. The fourth-order valence-corrected chi connectivity index (χ4v) is 2.97. The molecular formula is C15H26N4O. The summed E-state index contributed by atoms with van der Waals surface area (Å²) in [5, 5.41) is 6.63. The van der Waals surface area contributed by atoms with Crippen LogP contribution in [0.15, 0.2) is 6.33 Å². The van der Waals surface area contributed by atoms with Crippen molar-refractivity contribution in [3.05, 3.63) is 6.33 Å². The molecule has 112 valence electrons. The first-order valence-corrected chi connectivity index (χ1v) is 7.61. The van der Waals surface area contributed by atoms with Crippen LogP contribution >= 0.6 is 0 Å². The molecule has 0 aliphatic heterocycles. The van der Waals surface area contributed by atoms with Crippen LogP contribution in [0.4, 0.5) is 11.6 Å². The predicted octanol–water partition coefficient (Wildman–Crippen LogP) is 3.16. The highest BCUT2D eigenvalue weighted by atomic mass is 16.5. The lowest BCUT2D eigenvalue weighted by Gasteiger charge is -2.27. The van der Waals surface area contributed by atoms with Crippen molar-refractivity contribution in [3.63, 3.8) is 0 Å². The quantitative estimate of drug-likeness (QED) is 0.837. The molecule has 0 radical (unpaired) electrons. The van der Waals surface area contributed by atoms with E-state index in [1.807, 2.05) is 6.92 Å². The molecule has 2 rings (SSSR count). The van der Waals surface area contributed by atoms with Crippen molar-refractivity contribution < 1.29 is 4.74 Å². The van der Waals surface area contributed by atoms with Crippen molar-refractivity contribution in [1.82, 2.24) is 9.97 Å². The Bertz CT molecular complexity index is 424. The van der Waals surface area contributed by atoms with Gasteiger partial charge >= 0.3 is 0 Å². The maximum atomic E-state index is 5.44. The number of aromatic nitrogens is 2. The summed E-state index contributed by atoms with van der Waals surface area (Å²) in [7, 11) is 1.66. The summed E-state index contributed by atoms with van der Waals surface area (Å²) in [4.78, 5) is 8.53. The van der Waals surface area contributed by atoms with Crippen molar-refractivity contribution in [2.45, 2.75) is 39.5 Å². The second-order valence-electron chi connectivity index (χ2n) is 5.65. The molecule has 1 aromatic heterocycles. The van der Waals surface area contributed by atoms with E-state index in [0.29, 0.717) is 5.75 Å². The van der Waals surface area contributed by atoms with Crippen LogP contribution in [0.25, 0.3) is 0 Å². The lowest BCUT2D eigenvalue weighted by molar-refractivity contribution is 0.293. The van der Waals surface area contributed by atoms with E-state index in [9.17, 15) is 0 Å². The Morgan fingerprint density at radius 3 is 2.65 bits per heavy atom. The van der Waals surface area contributed by atoms with Crippen molar-refractivity contribution in [2.75, 3.05) is 30.8 Å². The summed E-state index contributed by atoms with van der Waals surface area (Å²) in [6, 6.07) is 0. The highest BCUT2D eigenvalue weighted by Gasteiger charge is 2.19. The molecule has 0 bridgehead atoms. The van der Waals surface area contributed by atoms with E-state index in [1.165, 1.54) is 25.7 Å². The number of hydrogen-bond donors (Lipinski definition) is 2. The summed E-state index contributed by atoms with van der Waals surface area (Å²) in [6.07, 6.45) is 6.91. The Kier molecular flexibility index (Phi) is 5.44. The molecule has 0 aromatic carbocycles. The molecule has 0 amide bonds. The van der Waals surface area contributed by atoms with Crippen LogP contribution in [0, 0.1) is 11.8 Å². The third-order valence-corrected chi connectivity index (χ3v) is 3.96. The summed E-state index contributed by atoms with van der Waals surface area (Å²) in [5.41, 5.74) is 0. The maximum absolute atomic E-state index is 5.44. The minimum absolute atomic E-state index is 0.707. The molecular weight excluding hydrogens is 252 g/mol. The molecule has 2 unspecified atom stereocenters. The van der Waals surface area contributed by atoms with Crippen LogP contribution in [0.3, 0.4) is 0 Å². The van der Waals surface area contributed by atoms with Gasteiger partial charge in [0.05, 0.1) is 7.11 Å². The molecule has 5 heteroatoms. The van der Waals surface area contributed by atoms with E-state index in [-0.39, 0.29) is 0 Å². The summed E-state index contributed by atoms with van der Waals surface area (Å²) in [6.45, 7) is 6.16. The third kappa shape index (κ3) is 3.74. The SMILES string of the molecule is CCNc1ncnc(NCC2CCCC(C)C2)c1OC. The lowest BCUT2D eigenvalue weighted by atomic mass is 9.82. The van der Waals surface area contributed by atoms with Crippen molar-refractivity contribution in [1.29, 1.82) is 0 Å². The van der Waals surface area contributed by atoms with E-state index >= 15 is 0 Å². The average Bonchev–Trinajstić information content (AvgIpc) is 2.45. The van der Waals surface area contributed by atoms with E-state index in [1.54, 1.807) is 13.4 Å². The summed E-state index contributed by atoms with van der Waals surface area (Å²) >= 11 is 0. The topological polar surface area (TPSA) is 59.1 Å². The van der Waals surface area contributed by atoms with Crippen molar-refractivity contribution in [2.24, 2.45) is 11.8 Å². The number of ether oxygens (including phenoxy) is 1. The number of nitrogens with zero attached hydrogens (tertiary/aromatic N) is 2. The van der Waals surface area contributed by atoms with Crippen LogP contribution in [0.2, 0.25) is 0 Å². The standard InChI is InChI=1S/C15H26N4O/c1-4-16-14-13(20-3)15(19-10-18-14)17-9-12-7-5-6-11(2)8-12/h10-12H,4-9H2,1-3H3,(H2,16,17,18,19). The van der Waals surface area contributed by atoms with Gasteiger partial charge in [-0.2, -0.15) is 0 Å². The van der Waals surface area contributed by atoms with Gasteiger partial charge in [0.1, 0.15) is 6.33 Å². The van der Waals surface area contributed by atoms with Crippen LogP contribution in [0.5, 0.6) is 5.75 Å². The second-order valence-corrected chi connectivity index (χ2v) is 5.65. The van der Waals surface area contributed by atoms with E-state index in [0.717, 1.165) is 36.6 Å². The minimum atomic E-state index is 0.707. The van der Waals surface area contributed by atoms with Gasteiger partial charge in [-0.3, -0.25) is 0 Å². The van der Waals surface area contributed by atoms with Gasteiger partial charge < -0.3 is 15.4 Å². The smallest absolute Gasteiger partial charge is 0.204 e. The van der Waals surface area contributed by atoms with E-state index in [4.69, 9.17) is 4.74 Å². The van der Waals surface area contributed by atoms with Crippen LogP contribution < -0.4 is 15.4 Å². The molecule has 1 fully saturated rings. The zero-order chi connectivity index (χ0) is 14.4. The van der Waals surface area contributed by atoms with Gasteiger partial charge in [0.15, 0.2) is 11.6 Å². The van der Waals surface area contributed by atoms with E-state index in [2.05, 4.69) is 27.5 Å². The van der Waals surface area contributed by atoms with Gasteiger partial charge in [0.2, 0.25) is 5.75 Å². The van der Waals surface area contributed by atoms with Gasteiger partial charge in [0, 0.05) is 13.1 Å². The first-order chi connectivity index (χ1) is 9.74. The number of nitrogens with one attached hydrogen (secondary N) is 2. The number of methoxy groups -OCH3 is 1. The largest absolute Gasteiger partial charge is 0.490 e. The van der Waals surface area contributed by atoms with Crippen molar-refractivity contribution in [3.8, 4) is 5.75 Å². The zero-order valence-electron chi connectivity index (χ0n) is 12.8. The molecule has 20 heavy (non-hydrogen) atoms. The molecule has 2 N–H and O–H groups in total. The predicted molar refractivity (Wildman–Crippen MR) is 82.4 cm³/mol. The van der Waals surface area contributed by atoms with Gasteiger partial charge in [-0.25, -0.2) is 9.97 Å². The second kappa shape index (κ2) is 7.31.